The Balaban J connectivity index is 0.00000109. The van der Waals surface area contributed by atoms with E-state index in [2.05, 4.69) is 34.6 Å². The van der Waals surface area contributed by atoms with E-state index >= 15 is 0 Å². The summed E-state index contributed by atoms with van der Waals surface area (Å²) in [6.07, 6.45) is 13.8. The Morgan fingerprint density at radius 1 is 0.857 bits per heavy atom. The van der Waals surface area contributed by atoms with E-state index in [4.69, 9.17) is 4.74 Å². The average molecular weight is 391 g/mol. The SMILES string of the molecule is CC.COC(C)C12CCC(C)CC1CCC1C3CCC(C(C)C)C3(C)CCC12. The summed E-state index contributed by atoms with van der Waals surface area (Å²) in [4.78, 5) is 0. The van der Waals surface area contributed by atoms with Crippen LogP contribution in [0.15, 0.2) is 0 Å². The average Bonchev–Trinajstić information content (AvgIpc) is 3.06. The van der Waals surface area contributed by atoms with E-state index in [1.165, 1.54) is 57.8 Å². The summed E-state index contributed by atoms with van der Waals surface area (Å²) in [5, 5.41) is 0. The Labute approximate surface area is 176 Å². The van der Waals surface area contributed by atoms with Crippen LogP contribution in [-0.4, -0.2) is 13.2 Å². The van der Waals surface area contributed by atoms with E-state index in [0.717, 1.165) is 41.4 Å². The minimum atomic E-state index is 0.444. The highest BCUT2D eigenvalue weighted by Crippen LogP contribution is 2.69. The molecule has 0 spiro atoms. The molecule has 0 bridgehead atoms. The number of ether oxygens (including phenoxy) is 1. The van der Waals surface area contributed by atoms with Crippen molar-refractivity contribution in [1.29, 1.82) is 0 Å². The lowest BCUT2D eigenvalue weighted by Crippen LogP contribution is -2.59. The van der Waals surface area contributed by atoms with Crippen LogP contribution in [0.1, 0.15) is 106 Å². The molecule has 0 aromatic rings. The predicted molar refractivity (Wildman–Crippen MR) is 121 cm³/mol. The molecule has 9 unspecified atom stereocenters. The van der Waals surface area contributed by atoms with Crippen molar-refractivity contribution in [3.63, 3.8) is 0 Å². The number of methoxy groups -OCH3 is 1. The van der Waals surface area contributed by atoms with Gasteiger partial charge in [-0.15, -0.1) is 0 Å². The van der Waals surface area contributed by atoms with Crippen molar-refractivity contribution in [2.45, 2.75) is 112 Å². The van der Waals surface area contributed by atoms with Gasteiger partial charge in [0.2, 0.25) is 0 Å². The van der Waals surface area contributed by atoms with Gasteiger partial charge in [0, 0.05) is 12.5 Å². The van der Waals surface area contributed by atoms with Crippen LogP contribution >= 0.6 is 0 Å². The van der Waals surface area contributed by atoms with Gasteiger partial charge in [-0.25, -0.2) is 0 Å². The smallest absolute Gasteiger partial charge is 0.0604 e. The molecule has 1 heteroatoms. The quantitative estimate of drug-likeness (QED) is 0.474. The van der Waals surface area contributed by atoms with Crippen LogP contribution in [0.2, 0.25) is 0 Å². The monoisotopic (exact) mass is 390 g/mol. The van der Waals surface area contributed by atoms with Crippen molar-refractivity contribution in [1.82, 2.24) is 0 Å². The third-order valence-corrected chi connectivity index (χ3v) is 10.5. The Hall–Kier alpha value is -0.0400. The van der Waals surface area contributed by atoms with E-state index in [0.29, 0.717) is 16.9 Å². The second kappa shape index (κ2) is 8.60. The minimum absolute atomic E-state index is 0.444. The van der Waals surface area contributed by atoms with Gasteiger partial charge in [0.1, 0.15) is 0 Å². The van der Waals surface area contributed by atoms with Crippen LogP contribution < -0.4 is 0 Å². The summed E-state index contributed by atoms with van der Waals surface area (Å²) in [5.41, 5.74) is 1.11. The normalized spacial score (nSPS) is 48.8. The van der Waals surface area contributed by atoms with Gasteiger partial charge in [0.15, 0.2) is 0 Å². The predicted octanol–water partition coefficient (Wildman–Crippen LogP) is 7.98. The first-order chi connectivity index (χ1) is 13.3. The molecule has 0 saturated heterocycles. The number of rotatable bonds is 3. The number of hydrogen-bond donors (Lipinski definition) is 0. The third-order valence-electron chi connectivity index (χ3n) is 10.5. The molecule has 0 amide bonds. The summed E-state index contributed by atoms with van der Waals surface area (Å²) in [5.74, 6) is 6.60. The second-order valence-corrected chi connectivity index (χ2v) is 11.5. The van der Waals surface area contributed by atoms with Crippen LogP contribution in [0.3, 0.4) is 0 Å². The second-order valence-electron chi connectivity index (χ2n) is 11.5. The molecule has 1 nitrogen and oxygen atoms in total. The zero-order valence-corrected chi connectivity index (χ0v) is 20.4. The molecule has 4 fully saturated rings. The van der Waals surface area contributed by atoms with Crippen molar-refractivity contribution in [2.24, 2.45) is 52.3 Å². The van der Waals surface area contributed by atoms with Gasteiger partial charge in [-0.3, -0.25) is 0 Å². The molecule has 4 aliphatic carbocycles. The highest BCUT2D eigenvalue weighted by molar-refractivity contribution is 5.11. The van der Waals surface area contributed by atoms with E-state index in [1.54, 1.807) is 0 Å². The molecule has 0 radical (unpaired) electrons. The Morgan fingerprint density at radius 3 is 2.21 bits per heavy atom. The third kappa shape index (κ3) is 3.30. The Kier molecular flexibility index (Phi) is 6.96. The molecule has 0 aliphatic heterocycles. The molecule has 9 atom stereocenters. The van der Waals surface area contributed by atoms with Crippen LogP contribution in [0, 0.1) is 52.3 Å². The van der Waals surface area contributed by atoms with Gasteiger partial charge < -0.3 is 4.74 Å². The molecule has 4 rings (SSSR count). The first-order valence-electron chi connectivity index (χ1n) is 12.9. The lowest BCUT2D eigenvalue weighted by molar-refractivity contribution is -0.180. The van der Waals surface area contributed by atoms with Crippen LogP contribution in [-0.2, 0) is 4.74 Å². The zero-order valence-electron chi connectivity index (χ0n) is 20.4. The topological polar surface area (TPSA) is 9.23 Å². The van der Waals surface area contributed by atoms with Crippen molar-refractivity contribution >= 4 is 0 Å². The largest absolute Gasteiger partial charge is 0.381 e. The van der Waals surface area contributed by atoms with Gasteiger partial charge in [0.25, 0.3) is 0 Å². The highest BCUT2D eigenvalue weighted by Gasteiger charge is 2.62. The van der Waals surface area contributed by atoms with Crippen molar-refractivity contribution < 1.29 is 4.74 Å². The lowest BCUT2D eigenvalue weighted by atomic mass is 9.42. The summed E-state index contributed by atoms with van der Waals surface area (Å²) < 4.78 is 6.13. The zero-order chi connectivity index (χ0) is 20.7. The molecule has 0 aromatic carbocycles. The molecule has 4 saturated carbocycles. The summed E-state index contributed by atoms with van der Waals surface area (Å²) >= 11 is 0. The fourth-order valence-electron chi connectivity index (χ4n) is 9.34. The van der Waals surface area contributed by atoms with E-state index in [9.17, 15) is 0 Å². The Morgan fingerprint density at radius 2 is 1.57 bits per heavy atom. The molecule has 164 valence electrons. The lowest BCUT2D eigenvalue weighted by Gasteiger charge is -2.63. The molecule has 4 aliphatic rings. The fraction of sp³-hybridized carbons (Fsp3) is 1.00. The van der Waals surface area contributed by atoms with Crippen molar-refractivity contribution in [3.8, 4) is 0 Å². The van der Waals surface area contributed by atoms with Crippen LogP contribution in [0.25, 0.3) is 0 Å². The summed E-state index contributed by atoms with van der Waals surface area (Å²) in [6.45, 7) is 16.6. The number of fused-ring (bicyclic) bond motifs is 5. The molecular formula is C27H50O. The van der Waals surface area contributed by atoms with Gasteiger partial charge in [-0.2, -0.15) is 0 Å². The molecule has 28 heavy (non-hydrogen) atoms. The van der Waals surface area contributed by atoms with Crippen LogP contribution in [0.5, 0.6) is 0 Å². The highest BCUT2D eigenvalue weighted by atomic mass is 16.5. The molecule has 0 aromatic heterocycles. The van der Waals surface area contributed by atoms with Gasteiger partial charge >= 0.3 is 0 Å². The first-order valence-corrected chi connectivity index (χ1v) is 12.9. The van der Waals surface area contributed by atoms with Crippen molar-refractivity contribution in [3.05, 3.63) is 0 Å². The maximum absolute atomic E-state index is 6.13. The molecular weight excluding hydrogens is 340 g/mol. The fourth-order valence-corrected chi connectivity index (χ4v) is 9.34. The Bertz CT molecular complexity index is 512. The summed E-state index contributed by atoms with van der Waals surface area (Å²) in [7, 11) is 1.98. The van der Waals surface area contributed by atoms with E-state index in [-0.39, 0.29) is 0 Å². The molecule has 0 heterocycles. The first kappa shape index (κ1) is 22.6. The van der Waals surface area contributed by atoms with Crippen LogP contribution in [0.4, 0.5) is 0 Å². The van der Waals surface area contributed by atoms with Gasteiger partial charge in [-0.05, 0) is 105 Å². The minimum Gasteiger partial charge on any atom is -0.381 e. The van der Waals surface area contributed by atoms with E-state index in [1.807, 2.05) is 21.0 Å². The standard InChI is InChI=1S/C25H44O.C2H6/c1-16(2)21-9-10-22-20-8-7-19-15-17(3)11-14-25(19,18(4)26-6)23(20)12-13-24(21,22)5;1-2/h16-23H,7-15H2,1-6H3;1-2H3. The molecule has 0 N–H and O–H groups in total. The van der Waals surface area contributed by atoms with Gasteiger partial charge in [-0.1, -0.05) is 48.0 Å². The number of hydrogen-bond acceptors (Lipinski definition) is 1. The van der Waals surface area contributed by atoms with Crippen molar-refractivity contribution in [2.75, 3.05) is 7.11 Å². The van der Waals surface area contributed by atoms with E-state index < -0.39 is 0 Å². The van der Waals surface area contributed by atoms with Gasteiger partial charge in [0.05, 0.1) is 6.10 Å². The summed E-state index contributed by atoms with van der Waals surface area (Å²) in [6, 6.07) is 0. The maximum atomic E-state index is 6.13. The maximum Gasteiger partial charge on any atom is 0.0604 e.